The zero-order valence-electron chi connectivity index (χ0n) is 10.0. The first kappa shape index (κ1) is 13.9. The average Bonchev–Trinajstić information content (AvgIpc) is 2.43. The predicted molar refractivity (Wildman–Crippen MR) is 65.5 cm³/mol. The summed E-state index contributed by atoms with van der Waals surface area (Å²) < 4.78 is 32.2. The fourth-order valence-electron chi connectivity index (χ4n) is 1.53. The number of halogens is 2. The van der Waals surface area contributed by atoms with Gasteiger partial charge in [0.1, 0.15) is 5.75 Å². The maximum Gasteiger partial charge on any atom is 0.275 e. The lowest BCUT2D eigenvalue weighted by atomic mass is 10.2. The number of rotatable bonds is 4. The number of benzene rings is 2. The van der Waals surface area contributed by atoms with Crippen molar-refractivity contribution in [1.82, 2.24) is 0 Å². The van der Waals surface area contributed by atoms with Gasteiger partial charge in [0.2, 0.25) is 0 Å². The molecule has 5 nitrogen and oxygen atoms in total. The van der Waals surface area contributed by atoms with Gasteiger partial charge in [0.15, 0.2) is 17.4 Å². The first-order valence-electron chi connectivity index (χ1n) is 5.52. The Morgan fingerprint density at radius 3 is 2.15 bits per heavy atom. The summed E-state index contributed by atoms with van der Waals surface area (Å²) in [5.41, 5.74) is -0.0787. The van der Waals surface area contributed by atoms with Crippen LogP contribution in [0.4, 0.5) is 14.5 Å². The first-order chi connectivity index (χ1) is 9.51. The minimum absolute atomic E-state index is 0.147. The molecule has 0 unspecified atom stereocenters. The SMILES string of the molecule is O=[N+]([O-])c1cc(F)c(Oc2ccc(CO)cc2)c(F)c1. The topological polar surface area (TPSA) is 72.6 Å². The molecule has 0 spiro atoms. The van der Waals surface area contributed by atoms with Crippen LogP contribution in [0.2, 0.25) is 0 Å². The third kappa shape index (κ3) is 2.89. The monoisotopic (exact) mass is 281 g/mol. The summed E-state index contributed by atoms with van der Waals surface area (Å²) in [5.74, 6) is -2.90. The van der Waals surface area contributed by atoms with E-state index in [1.807, 2.05) is 0 Å². The molecule has 20 heavy (non-hydrogen) atoms. The standard InChI is InChI=1S/C13H9F2NO4/c14-11-5-9(16(18)19)6-12(15)13(11)20-10-3-1-8(7-17)2-4-10/h1-6,17H,7H2. The van der Waals surface area contributed by atoms with Crippen LogP contribution in [0, 0.1) is 21.7 Å². The lowest BCUT2D eigenvalue weighted by Gasteiger charge is -2.08. The normalized spacial score (nSPS) is 10.3. The van der Waals surface area contributed by atoms with Crippen molar-refractivity contribution in [2.75, 3.05) is 0 Å². The van der Waals surface area contributed by atoms with E-state index in [9.17, 15) is 18.9 Å². The van der Waals surface area contributed by atoms with Gasteiger partial charge >= 0.3 is 0 Å². The number of hydrogen-bond donors (Lipinski definition) is 1. The second-order valence-corrected chi connectivity index (χ2v) is 3.90. The minimum atomic E-state index is -1.16. The minimum Gasteiger partial charge on any atom is -0.451 e. The highest BCUT2D eigenvalue weighted by molar-refractivity contribution is 5.41. The predicted octanol–water partition coefficient (Wildman–Crippen LogP) is 3.16. The van der Waals surface area contributed by atoms with E-state index in [0.29, 0.717) is 17.7 Å². The highest BCUT2D eigenvalue weighted by Crippen LogP contribution is 2.30. The zero-order chi connectivity index (χ0) is 14.7. The molecule has 0 aromatic heterocycles. The number of ether oxygens (including phenoxy) is 1. The molecule has 2 aromatic carbocycles. The molecule has 0 aliphatic carbocycles. The summed E-state index contributed by atoms with van der Waals surface area (Å²) in [6, 6.07) is 7.06. The lowest BCUT2D eigenvalue weighted by molar-refractivity contribution is -0.385. The third-order valence-electron chi connectivity index (χ3n) is 2.52. The molecular weight excluding hydrogens is 272 g/mol. The van der Waals surface area contributed by atoms with Crippen LogP contribution in [0.25, 0.3) is 0 Å². The second kappa shape index (κ2) is 5.62. The molecule has 2 aromatic rings. The van der Waals surface area contributed by atoms with Gasteiger partial charge in [0.05, 0.1) is 23.7 Å². The number of nitro benzene ring substituents is 1. The van der Waals surface area contributed by atoms with Crippen LogP contribution in [0.1, 0.15) is 5.56 Å². The lowest BCUT2D eigenvalue weighted by Crippen LogP contribution is -1.96. The summed E-state index contributed by atoms with van der Waals surface area (Å²) in [7, 11) is 0. The van der Waals surface area contributed by atoms with Crippen molar-refractivity contribution < 1.29 is 23.5 Å². The Balaban J connectivity index is 2.30. The van der Waals surface area contributed by atoms with Crippen molar-refractivity contribution in [3.8, 4) is 11.5 Å². The average molecular weight is 281 g/mol. The number of hydrogen-bond acceptors (Lipinski definition) is 4. The Hall–Kier alpha value is -2.54. The number of nitrogens with zero attached hydrogens (tertiary/aromatic N) is 1. The van der Waals surface area contributed by atoms with E-state index in [1.54, 1.807) is 0 Å². The molecule has 0 fully saturated rings. The molecule has 0 aliphatic heterocycles. The molecule has 0 bridgehead atoms. The molecule has 0 saturated carbocycles. The van der Waals surface area contributed by atoms with E-state index < -0.39 is 28.0 Å². The zero-order valence-corrected chi connectivity index (χ0v) is 10.0. The molecule has 1 N–H and O–H groups in total. The summed E-state index contributed by atoms with van der Waals surface area (Å²) in [5, 5.41) is 19.3. The Morgan fingerprint density at radius 2 is 1.70 bits per heavy atom. The van der Waals surface area contributed by atoms with Crippen molar-refractivity contribution in [3.63, 3.8) is 0 Å². The molecule has 0 heterocycles. The van der Waals surface area contributed by atoms with Crippen LogP contribution in [0.3, 0.4) is 0 Å². The van der Waals surface area contributed by atoms with Gasteiger partial charge in [-0.3, -0.25) is 10.1 Å². The van der Waals surface area contributed by atoms with Gasteiger partial charge in [0.25, 0.3) is 5.69 Å². The molecule has 7 heteroatoms. The summed E-state index contributed by atoms with van der Waals surface area (Å²) >= 11 is 0. The molecule has 0 amide bonds. The van der Waals surface area contributed by atoms with Crippen molar-refractivity contribution in [3.05, 3.63) is 63.7 Å². The Kier molecular flexibility index (Phi) is 3.90. The van der Waals surface area contributed by atoms with Gasteiger partial charge in [0, 0.05) is 0 Å². The van der Waals surface area contributed by atoms with Gasteiger partial charge in [-0.1, -0.05) is 12.1 Å². The number of aliphatic hydroxyl groups is 1. The largest absolute Gasteiger partial charge is 0.451 e. The molecular formula is C13H9F2NO4. The second-order valence-electron chi connectivity index (χ2n) is 3.90. The summed E-state index contributed by atoms with van der Waals surface area (Å²) in [6.07, 6.45) is 0. The van der Waals surface area contributed by atoms with Gasteiger partial charge in [-0.2, -0.15) is 0 Å². The van der Waals surface area contributed by atoms with Crippen LogP contribution in [-0.2, 0) is 6.61 Å². The van der Waals surface area contributed by atoms with E-state index in [2.05, 4.69) is 0 Å². The fraction of sp³-hybridized carbons (Fsp3) is 0.0769. The fourth-order valence-corrected chi connectivity index (χ4v) is 1.53. The van der Waals surface area contributed by atoms with E-state index in [-0.39, 0.29) is 12.4 Å². The molecule has 0 saturated heterocycles. The molecule has 0 atom stereocenters. The number of nitro groups is 1. The van der Waals surface area contributed by atoms with Crippen LogP contribution >= 0.6 is 0 Å². The van der Waals surface area contributed by atoms with Crippen molar-refractivity contribution >= 4 is 5.69 Å². The molecule has 2 rings (SSSR count). The van der Waals surface area contributed by atoms with E-state index in [4.69, 9.17) is 9.84 Å². The Labute approximate surface area is 112 Å². The maximum atomic E-state index is 13.6. The number of aliphatic hydroxyl groups excluding tert-OH is 1. The third-order valence-corrected chi connectivity index (χ3v) is 2.52. The van der Waals surface area contributed by atoms with Crippen molar-refractivity contribution in [2.24, 2.45) is 0 Å². The van der Waals surface area contributed by atoms with Crippen LogP contribution in [0.5, 0.6) is 11.5 Å². The van der Waals surface area contributed by atoms with Crippen molar-refractivity contribution in [2.45, 2.75) is 6.61 Å². The Bertz CT molecular complexity index is 620. The quantitative estimate of drug-likeness (QED) is 0.690. The van der Waals surface area contributed by atoms with Gasteiger partial charge in [-0.15, -0.1) is 0 Å². The highest BCUT2D eigenvalue weighted by atomic mass is 19.1. The van der Waals surface area contributed by atoms with Gasteiger partial charge in [-0.05, 0) is 17.7 Å². The van der Waals surface area contributed by atoms with E-state index in [1.165, 1.54) is 24.3 Å². The molecule has 0 radical (unpaired) electrons. The van der Waals surface area contributed by atoms with E-state index in [0.717, 1.165) is 0 Å². The van der Waals surface area contributed by atoms with Crippen LogP contribution < -0.4 is 4.74 Å². The van der Waals surface area contributed by atoms with Gasteiger partial charge in [-0.25, -0.2) is 8.78 Å². The highest BCUT2D eigenvalue weighted by Gasteiger charge is 2.18. The smallest absolute Gasteiger partial charge is 0.275 e. The van der Waals surface area contributed by atoms with Crippen molar-refractivity contribution in [1.29, 1.82) is 0 Å². The van der Waals surface area contributed by atoms with Crippen LogP contribution in [-0.4, -0.2) is 10.0 Å². The maximum absolute atomic E-state index is 13.6. The number of non-ortho nitro benzene ring substituents is 1. The van der Waals surface area contributed by atoms with E-state index >= 15 is 0 Å². The molecule has 104 valence electrons. The first-order valence-corrected chi connectivity index (χ1v) is 5.52. The summed E-state index contributed by atoms with van der Waals surface area (Å²) in [4.78, 5) is 9.56. The Morgan fingerprint density at radius 1 is 1.15 bits per heavy atom. The van der Waals surface area contributed by atoms with Crippen LogP contribution in [0.15, 0.2) is 36.4 Å². The van der Waals surface area contributed by atoms with Gasteiger partial charge < -0.3 is 9.84 Å². The summed E-state index contributed by atoms with van der Waals surface area (Å²) in [6.45, 7) is -0.166. The molecule has 0 aliphatic rings.